The summed E-state index contributed by atoms with van der Waals surface area (Å²) in [7, 11) is -18.1. The molecule has 2 atom stereocenters. The molecule has 3 aliphatic rings. The van der Waals surface area contributed by atoms with Crippen molar-refractivity contribution in [2.75, 3.05) is 36.9 Å². The van der Waals surface area contributed by atoms with Gasteiger partial charge in [0, 0.05) is 42.0 Å². The Balaban J connectivity index is 0.00000441. The number of hydrogen-bond donors (Lipinski definition) is 2. The van der Waals surface area contributed by atoms with E-state index in [0.717, 1.165) is 28.7 Å². The molecule has 1 amide bonds. The van der Waals surface area contributed by atoms with Crippen LogP contribution in [-0.2, 0) is 51.3 Å². The number of carbonyl (C=O) groups excluding carboxylic acids is 1. The number of nitrogens with one attached hydrogen (secondary N) is 1. The summed E-state index contributed by atoms with van der Waals surface area (Å²) in [4.78, 5) is 16.9. The second-order valence-corrected chi connectivity index (χ2v) is 22.0. The SMILES string of the molecule is CC1(C)C(C=C/C=C2\C(C)(C)c3cc(C(=O)NCCS(=O)(=O)[O-])ccc3[N+]23CCCC3S(=O)(=O)[O-])=C(CCCCS(=O)(=O)O)c2ccc(OC=NCCS(=O)(=O)[O-])cc21.[K+].[Na+].[Na+]. The van der Waals surface area contributed by atoms with Crippen LogP contribution in [-0.4, -0.2) is 106 Å². The van der Waals surface area contributed by atoms with Gasteiger partial charge in [0.15, 0.2) is 21.9 Å². The van der Waals surface area contributed by atoms with Crippen molar-refractivity contribution in [2.45, 2.75) is 76.0 Å². The summed E-state index contributed by atoms with van der Waals surface area (Å²) in [5.74, 6) is -2.16. The first kappa shape index (κ1) is 58.0. The van der Waals surface area contributed by atoms with E-state index in [1.54, 1.807) is 36.4 Å². The topological polar surface area (TPSA) is 277 Å². The zero-order valence-electron chi connectivity index (χ0n) is 35.9. The van der Waals surface area contributed by atoms with Crippen LogP contribution in [0.2, 0.25) is 0 Å². The number of rotatable bonds is 17. The Morgan fingerprint density at radius 3 is 2.18 bits per heavy atom. The molecule has 2 N–H and O–H groups in total. The van der Waals surface area contributed by atoms with Gasteiger partial charge in [0.1, 0.15) is 17.1 Å². The summed E-state index contributed by atoms with van der Waals surface area (Å²) in [6, 6.07) is 9.98. The van der Waals surface area contributed by atoms with Gasteiger partial charge < -0.3 is 23.7 Å². The quantitative estimate of drug-likeness (QED) is 0.0374. The van der Waals surface area contributed by atoms with E-state index in [1.807, 2.05) is 39.8 Å². The number of hydrogen-bond acceptors (Lipinski definition) is 14. The van der Waals surface area contributed by atoms with Crippen LogP contribution < -0.4 is 125 Å². The smallest absolute Gasteiger partial charge is 0.748 e. The molecule has 2 aromatic rings. The van der Waals surface area contributed by atoms with Gasteiger partial charge in [-0.2, -0.15) is 8.42 Å². The van der Waals surface area contributed by atoms with Crippen LogP contribution in [0.5, 0.6) is 5.75 Å². The van der Waals surface area contributed by atoms with Gasteiger partial charge in [0.25, 0.3) is 16.0 Å². The molecule has 1 saturated heterocycles. The minimum absolute atomic E-state index is 0. The van der Waals surface area contributed by atoms with Crippen molar-refractivity contribution in [2.24, 2.45) is 4.99 Å². The van der Waals surface area contributed by atoms with Crippen molar-refractivity contribution in [1.82, 2.24) is 9.80 Å². The van der Waals surface area contributed by atoms with Crippen molar-refractivity contribution in [1.29, 1.82) is 0 Å². The van der Waals surface area contributed by atoms with E-state index < -0.39 is 86.4 Å². The summed E-state index contributed by atoms with van der Waals surface area (Å²) in [6.45, 7) is 7.27. The first-order chi connectivity index (χ1) is 27.2. The zero-order valence-corrected chi connectivity index (χ0v) is 46.3. The van der Waals surface area contributed by atoms with E-state index in [-0.39, 0.29) is 146 Å². The van der Waals surface area contributed by atoms with E-state index in [0.29, 0.717) is 42.0 Å². The van der Waals surface area contributed by atoms with Gasteiger partial charge >= 0.3 is 110 Å². The average molecular weight is 983 g/mol. The Labute approximate surface area is 451 Å². The maximum Gasteiger partial charge on any atom is 1.00 e. The maximum absolute atomic E-state index is 13.1. The Bertz CT molecular complexity index is 2600. The third-order valence-corrected chi connectivity index (χ3v) is 14.6. The molecule has 62 heavy (non-hydrogen) atoms. The molecule has 24 heteroatoms. The molecule has 2 heterocycles. The number of amides is 1. The van der Waals surface area contributed by atoms with Crippen LogP contribution in [0.4, 0.5) is 5.69 Å². The summed E-state index contributed by atoms with van der Waals surface area (Å²) >= 11 is 0. The molecule has 0 bridgehead atoms. The minimum Gasteiger partial charge on any atom is -0.748 e. The van der Waals surface area contributed by atoms with Crippen molar-refractivity contribution < 1.29 is 172 Å². The first-order valence-electron chi connectivity index (χ1n) is 18.7. The summed E-state index contributed by atoms with van der Waals surface area (Å²) in [6.07, 6.45) is 8.04. The van der Waals surface area contributed by atoms with Crippen molar-refractivity contribution in [3.05, 3.63) is 88.2 Å². The van der Waals surface area contributed by atoms with Crippen LogP contribution in [0.25, 0.3) is 5.57 Å². The number of allylic oxidation sites excluding steroid dienone is 6. The van der Waals surface area contributed by atoms with E-state index >= 15 is 0 Å². The molecule has 5 rings (SSSR count). The Morgan fingerprint density at radius 1 is 0.903 bits per heavy atom. The molecular formula is C38H47KN3Na2O14S4+. The van der Waals surface area contributed by atoms with Crippen LogP contribution in [0.15, 0.2) is 70.9 Å². The predicted octanol–water partition coefficient (Wildman–Crippen LogP) is -5.57. The fraction of sp³-hybridized carbons (Fsp3) is 0.474. The van der Waals surface area contributed by atoms with E-state index in [1.165, 1.54) is 6.07 Å². The third kappa shape index (κ3) is 13.7. The van der Waals surface area contributed by atoms with Crippen molar-refractivity contribution in [3.63, 3.8) is 0 Å². The molecule has 1 aliphatic carbocycles. The molecular weight excluding hydrogens is 936 g/mol. The molecule has 0 radical (unpaired) electrons. The molecule has 1 fully saturated rings. The average Bonchev–Trinajstić information content (AvgIpc) is 3.69. The number of fused-ring (bicyclic) bond motifs is 3. The number of unbranched alkanes of at least 4 members (excludes halogenated alkanes) is 1. The number of benzene rings is 2. The third-order valence-electron chi connectivity index (χ3n) is 11.2. The van der Waals surface area contributed by atoms with Crippen LogP contribution in [0.3, 0.4) is 0 Å². The van der Waals surface area contributed by atoms with E-state index in [9.17, 15) is 56.7 Å². The van der Waals surface area contributed by atoms with Gasteiger partial charge in [-0.1, -0.05) is 32.1 Å². The fourth-order valence-electron chi connectivity index (χ4n) is 8.58. The second-order valence-electron chi connectivity index (χ2n) is 15.8. The molecule has 17 nitrogen and oxygen atoms in total. The molecule has 2 unspecified atom stereocenters. The van der Waals surface area contributed by atoms with Crippen LogP contribution in [0.1, 0.15) is 86.8 Å². The monoisotopic (exact) mass is 982 g/mol. The minimum atomic E-state index is -4.86. The molecule has 2 aliphatic heterocycles. The molecule has 0 saturated carbocycles. The Hall–Kier alpha value is -0.164. The van der Waals surface area contributed by atoms with Gasteiger partial charge in [-0.3, -0.25) is 14.3 Å². The summed E-state index contributed by atoms with van der Waals surface area (Å²) in [5, 5.41) is 1.07. The van der Waals surface area contributed by atoms with Gasteiger partial charge in [0.2, 0.25) is 0 Å². The van der Waals surface area contributed by atoms with Gasteiger partial charge in [-0.05, 0) is 85.7 Å². The standard InChI is InChI=1S/C38H49N3O14S4.K.2Na/c1-37(2)30(28(9-5-6-20-56(43,44)45)29-15-14-27(24-31(29)37)55-25-39-17-21-57(46,47)48)10-7-11-34-38(3,4)32-23-26(36(42)40-18-22-58(49,50)51)13-16-33(32)41(34)19-8-12-35(41)59(52,53)54;;;/h7,10-11,13-16,23-25,35H,5-6,8-9,12,17-22H2,1-4H3,(H4-,40,42,43,44,45,46,47,48,49,50,51,52,53,54);;;/q;3*+1/p-2/b10-7?,34-11+,39-25?;;;. The number of nitrogens with zero attached hydrogens (tertiary/aromatic N) is 2. The molecule has 1 spiro atoms. The van der Waals surface area contributed by atoms with E-state index in [2.05, 4.69) is 10.3 Å². The number of aliphatic imine (C=N–C) groups is 1. The summed E-state index contributed by atoms with van der Waals surface area (Å²) < 4.78 is 142. The van der Waals surface area contributed by atoms with Gasteiger partial charge in [-0.25, -0.2) is 29.7 Å². The van der Waals surface area contributed by atoms with Crippen molar-refractivity contribution >= 4 is 64.0 Å². The Morgan fingerprint density at radius 2 is 1.56 bits per heavy atom. The van der Waals surface area contributed by atoms with Crippen LogP contribution >= 0.6 is 0 Å². The van der Waals surface area contributed by atoms with E-state index in [4.69, 9.17) is 4.74 Å². The fourth-order valence-corrected chi connectivity index (χ4v) is 11.1. The molecule has 0 aromatic heterocycles. The van der Waals surface area contributed by atoms with Gasteiger partial charge in [0.05, 0.1) is 56.0 Å². The normalized spacial score (nSPS) is 21.1. The van der Waals surface area contributed by atoms with Crippen molar-refractivity contribution in [3.8, 4) is 5.75 Å². The molecule has 2 aromatic carbocycles. The zero-order chi connectivity index (χ0) is 43.8. The second kappa shape index (κ2) is 22.3. The number of ether oxygens (including phenoxy) is 1. The van der Waals surface area contributed by atoms with Crippen LogP contribution in [0, 0.1) is 0 Å². The predicted molar refractivity (Wildman–Crippen MR) is 218 cm³/mol. The maximum atomic E-state index is 13.1. The first-order valence-corrected chi connectivity index (χ1v) is 24.9. The Kier molecular flexibility index (Phi) is 20.8. The number of quaternary nitrogens is 1. The molecule has 324 valence electrons. The number of carbonyl (C=O) groups is 1. The summed E-state index contributed by atoms with van der Waals surface area (Å²) in [5.41, 5.74) is 3.67. The largest absolute Gasteiger partial charge is 1.00 e. The van der Waals surface area contributed by atoms with Gasteiger partial charge in [-0.15, -0.1) is 0 Å².